The fourth-order valence-electron chi connectivity index (χ4n) is 1.64. The molecule has 2 aromatic rings. The average Bonchev–Trinajstić information content (AvgIpc) is 2.40. The average molecular weight is 425 g/mol. The minimum atomic E-state index is -4.67. The van der Waals surface area contributed by atoms with Crippen molar-refractivity contribution in [2.75, 3.05) is 5.32 Å². The predicted octanol–water partition coefficient (Wildman–Crippen LogP) is 5.72. The quantitative estimate of drug-likeness (QED) is 0.677. The summed E-state index contributed by atoms with van der Waals surface area (Å²) in [6.45, 7) is 0.487. The smallest absolute Gasteiger partial charge is 0.406 e. The molecule has 0 aromatic heterocycles. The maximum atomic E-state index is 12.0. The Labute approximate surface area is 136 Å². The van der Waals surface area contributed by atoms with Gasteiger partial charge in [-0.15, -0.1) is 13.2 Å². The molecule has 0 fully saturated rings. The zero-order valence-corrected chi connectivity index (χ0v) is 13.7. The van der Waals surface area contributed by atoms with Crippen molar-refractivity contribution in [1.29, 1.82) is 0 Å². The molecule has 112 valence electrons. The number of halogens is 5. The number of alkyl halides is 3. The van der Waals surface area contributed by atoms with Crippen LogP contribution in [-0.4, -0.2) is 6.36 Å². The SMILES string of the molecule is FC(F)(F)Oc1ccc(CNc2cc(Br)ccc2Br)cc1. The highest BCUT2D eigenvalue weighted by Gasteiger charge is 2.30. The lowest BCUT2D eigenvalue weighted by molar-refractivity contribution is -0.274. The lowest BCUT2D eigenvalue weighted by Crippen LogP contribution is -2.17. The third kappa shape index (κ3) is 5.24. The lowest BCUT2D eigenvalue weighted by Gasteiger charge is -2.11. The van der Waals surface area contributed by atoms with Gasteiger partial charge in [0.05, 0.1) is 0 Å². The molecule has 0 unspecified atom stereocenters. The van der Waals surface area contributed by atoms with Gasteiger partial charge >= 0.3 is 6.36 Å². The second-order valence-electron chi connectivity index (χ2n) is 4.17. The van der Waals surface area contributed by atoms with Crippen LogP contribution in [0.4, 0.5) is 18.9 Å². The van der Waals surface area contributed by atoms with Crippen molar-refractivity contribution in [1.82, 2.24) is 0 Å². The summed E-state index contributed by atoms with van der Waals surface area (Å²) in [5.74, 6) is -0.227. The first-order valence-corrected chi connectivity index (χ1v) is 7.46. The van der Waals surface area contributed by atoms with E-state index in [9.17, 15) is 13.2 Å². The molecule has 0 aliphatic carbocycles. The van der Waals surface area contributed by atoms with E-state index in [0.29, 0.717) is 6.54 Å². The largest absolute Gasteiger partial charge is 0.573 e. The zero-order chi connectivity index (χ0) is 15.5. The Balaban J connectivity index is 1.99. The Morgan fingerprint density at radius 3 is 2.29 bits per heavy atom. The van der Waals surface area contributed by atoms with Gasteiger partial charge in [-0.2, -0.15) is 0 Å². The predicted molar refractivity (Wildman–Crippen MR) is 82.3 cm³/mol. The molecular weight excluding hydrogens is 415 g/mol. The van der Waals surface area contributed by atoms with Crippen molar-refractivity contribution in [3.63, 3.8) is 0 Å². The van der Waals surface area contributed by atoms with Crippen LogP contribution in [-0.2, 0) is 6.54 Å². The van der Waals surface area contributed by atoms with Gasteiger partial charge in [-0.1, -0.05) is 28.1 Å². The van der Waals surface area contributed by atoms with Gasteiger partial charge in [-0.25, -0.2) is 0 Å². The monoisotopic (exact) mass is 423 g/mol. The summed E-state index contributed by atoms with van der Waals surface area (Å²) in [5, 5.41) is 3.20. The molecule has 21 heavy (non-hydrogen) atoms. The number of rotatable bonds is 4. The van der Waals surface area contributed by atoms with Gasteiger partial charge in [0.1, 0.15) is 5.75 Å². The molecule has 0 spiro atoms. The van der Waals surface area contributed by atoms with E-state index in [1.54, 1.807) is 12.1 Å². The van der Waals surface area contributed by atoms with Crippen LogP contribution in [0.25, 0.3) is 0 Å². The molecular formula is C14H10Br2F3NO. The number of hydrogen-bond acceptors (Lipinski definition) is 2. The highest BCUT2D eigenvalue weighted by atomic mass is 79.9. The van der Waals surface area contributed by atoms with Crippen LogP contribution in [0.3, 0.4) is 0 Å². The molecule has 0 saturated carbocycles. The first-order valence-electron chi connectivity index (χ1n) is 5.87. The number of nitrogens with one attached hydrogen (secondary N) is 1. The second-order valence-corrected chi connectivity index (χ2v) is 5.94. The topological polar surface area (TPSA) is 21.3 Å². The van der Waals surface area contributed by atoms with E-state index in [1.165, 1.54) is 12.1 Å². The van der Waals surface area contributed by atoms with E-state index in [1.807, 2.05) is 18.2 Å². The Hall–Kier alpha value is -1.21. The standard InChI is InChI=1S/C14H10Br2F3NO/c15-10-3-6-12(16)13(7-10)20-8-9-1-4-11(5-2-9)21-14(17,18)19/h1-7,20H,8H2. The molecule has 7 heteroatoms. The molecule has 2 rings (SSSR count). The van der Waals surface area contributed by atoms with E-state index in [2.05, 4.69) is 41.9 Å². The lowest BCUT2D eigenvalue weighted by atomic mass is 10.2. The maximum Gasteiger partial charge on any atom is 0.573 e. The van der Waals surface area contributed by atoms with Crippen molar-refractivity contribution in [2.45, 2.75) is 12.9 Å². The molecule has 0 heterocycles. The molecule has 0 bridgehead atoms. The van der Waals surface area contributed by atoms with Gasteiger partial charge < -0.3 is 10.1 Å². The van der Waals surface area contributed by atoms with Crippen molar-refractivity contribution in [2.24, 2.45) is 0 Å². The highest BCUT2D eigenvalue weighted by Crippen LogP contribution is 2.27. The minimum absolute atomic E-state index is 0.227. The Morgan fingerprint density at radius 1 is 1.00 bits per heavy atom. The first-order chi connectivity index (χ1) is 9.83. The van der Waals surface area contributed by atoms with Gasteiger partial charge in [0.2, 0.25) is 0 Å². The van der Waals surface area contributed by atoms with Gasteiger partial charge in [0.15, 0.2) is 0 Å². The number of anilines is 1. The van der Waals surface area contributed by atoms with E-state index < -0.39 is 6.36 Å². The minimum Gasteiger partial charge on any atom is -0.406 e. The number of benzene rings is 2. The summed E-state index contributed by atoms with van der Waals surface area (Å²) in [7, 11) is 0. The molecule has 2 aromatic carbocycles. The summed E-state index contributed by atoms with van der Waals surface area (Å²) in [6.07, 6.45) is -4.67. The van der Waals surface area contributed by atoms with E-state index in [-0.39, 0.29) is 5.75 Å². The normalized spacial score (nSPS) is 11.3. The third-order valence-corrected chi connectivity index (χ3v) is 3.75. The second kappa shape index (κ2) is 6.70. The van der Waals surface area contributed by atoms with Crippen molar-refractivity contribution < 1.29 is 17.9 Å². The number of ether oxygens (including phenoxy) is 1. The summed E-state index contributed by atoms with van der Waals surface area (Å²) >= 11 is 6.80. The molecule has 0 saturated heterocycles. The van der Waals surface area contributed by atoms with E-state index in [0.717, 1.165) is 20.2 Å². The molecule has 0 aliphatic rings. The van der Waals surface area contributed by atoms with Crippen molar-refractivity contribution >= 4 is 37.5 Å². The van der Waals surface area contributed by atoms with Crippen LogP contribution in [0.15, 0.2) is 51.4 Å². The summed E-state index contributed by atoms with van der Waals surface area (Å²) in [6, 6.07) is 11.5. The Kier molecular flexibility index (Phi) is 5.16. The van der Waals surface area contributed by atoms with E-state index in [4.69, 9.17) is 0 Å². The first kappa shape index (κ1) is 16.2. The molecule has 0 amide bonds. The van der Waals surface area contributed by atoms with Gasteiger partial charge in [-0.3, -0.25) is 0 Å². The van der Waals surface area contributed by atoms with Crippen molar-refractivity contribution in [3.8, 4) is 5.75 Å². The zero-order valence-electron chi connectivity index (χ0n) is 10.5. The Bertz CT molecular complexity index is 615. The fraction of sp³-hybridized carbons (Fsp3) is 0.143. The summed E-state index contributed by atoms with van der Waals surface area (Å²) in [4.78, 5) is 0. The van der Waals surface area contributed by atoms with Crippen LogP contribution in [0, 0.1) is 0 Å². The van der Waals surface area contributed by atoms with E-state index >= 15 is 0 Å². The van der Waals surface area contributed by atoms with Gasteiger partial charge in [-0.05, 0) is 51.8 Å². The van der Waals surface area contributed by atoms with Gasteiger partial charge in [0, 0.05) is 21.2 Å². The molecule has 0 radical (unpaired) electrons. The number of hydrogen-bond donors (Lipinski definition) is 1. The highest BCUT2D eigenvalue weighted by molar-refractivity contribution is 9.11. The van der Waals surface area contributed by atoms with Crippen LogP contribution in [0.1, 0.15) is 5.56 Å². The van der Waals surface area contributed by atoms with Crippen LogP contribution >= 0.6 is 31.9 Å². The Morgan fingerprint density at radius 2 is 1.67 bits per heavy atom. The summed E-state index contributed by atoms with van der Waals surface area (Å²) < 4.78 is 41.8. The molecule has 2 nitrogen and oxygen atoms in total. The molecule has 0 aliphatic heterocycles. The van der Waals surface area contributed by atoms with Crippen molar-refractivity contribution in [3.05, 3.63) is 57.0 Å². The van der Waals surface area contributed by atoms with Crippen LogP contribution in [0.5, 0.6) is 5.75 Å². The molecule has 1 N–H and O–H groups in total. The third-order valence-electron chi connectivity index (χ3n) is 2.57. The van der Waals surface area contributed by atoms with Gasteiger partial charge in [0.25, 0.3) is 0 Å². The van der Waals surface area contributed by atoms with Crippen LogP contribution in [0.2, 0.25) is 0 Å². The maximum absolute atomic E-state index is 12.0. The molecule has 0 atom stereocenters. The fourth-order valence-corrected chi connectivity index (χ4v) is 2.39. The summed E-state index contributed by atoms with van der Waals surface area (Å²) in [5.41, 5.74) is 1.73. The van der Waals surface area contributed by atoms with Crippen LogP contribution < -0.4 is 10.1 Å².